The highest BCUT2D eigenvalue weighted by Crippen LogP contribution is 2.74. The Morgan fingerprint density at radius 3 is 2.69 bits per heavy atom. The number of carbonyl (C=O) groups excluding carboxylic acids is 2. The lowest BCUT2D eigenvalue weighted by atomic mass is 9.34. The predicted octanol–water partition coefficient (Wildman–Crippen LogP) is 4.18. The number of Topliss-reactive ketones (excluding diaryl/α,β-unsaturated/α-hetero) is 1. The summed E-state index contributed by atoms with van der Waals surface area (Å²) in [5.41, 5.74) is 1.86. The summed E-state index contributed by atoms with van der Waals surface area (Å²) in [5.74, 6) is -1.17. The largest absolute Gasteiger partial charge is 0.457 e. The van der Waals surface area contributed by atoms with Gasteiger partial charge in [0.25, 0.3) is 0 Å². The van der Waals surface area contributed by atoms with Crippen LogP contribution in [-0.2, 0) is 23.0 Å². The standard InChI is InChI=1S/C25H22ClFN6O3/c1-14(17-5-16(27)9-30-23(17)26)36-21(35)6-19-22(31-32-33(19)2)18-4-3-15(8-29-18)20(34)7-24-10-25(11-24,12-24)13-28/h3-5,8-9,14H,6-7,10-12H2,1-2H3/t14-,24?,25?/m1/s1. The average molecular weight is 509 g/mol. The monoisotopic (exact) mass is 508 g/mol. The van der Waals surface area contributed by atoms with E-state index < -0.39 is 17.9 Å². The second-order valence-corrected chi connectivity index (χ2v) is 10.2. The maximum atomic E-state index is 13.5. The lowest BCUT2D eigenvalue weighted by Crippen LogP contribution is -2.61. The summed E-state index contributed by atoms with van der Waals surface area (Å²) in [7, 11) is 1.64. The van der Waals surface area contributed by atoms with Gasteiger partial charge in [0.15, 0.2) is 5.78 Å². The molecule has 36 heavy (non-hydrogen) atoms. The van der Waals surface area contributed by atoms with Crippen molar-refractivity contribution >= 4 is 23.4 Å². The number of hydrogen-bond donors (Lipinski definition) is 0. The van der Waals surface area contributed by atoms with Crippen molar-refractivity contribution in [3.63, 3.8) is 0 Å². The number of ether oxygens (including phenoxy) is 1. The third kappa shape index (κ3) is 4.24. The van der Waals surface area contributed by atoms with E-state index in [-0.39, 0.29) is 33.8 Å². The first-order valence-corrected chi connectivity index (χ1v) is 11.8. The van der Waals surface area contributed by atoms with Gasteiger partial charge in [0.1, 0.15) is 22.8 Å². The molecule has 9 nitrogen and oxygen atoms in total. The Morgan fingerprint density at radius 2 is 2.03 bits per heavy atom. The summed E-state index contributed by atoms with van der Waals surface area (Å²) < 4.78 is 20.4. The molecule has 0 N–H and O–H groups in total. The number of nitriles is 1. The second kappa shape index (κ2) is 8.75. The molecule has 0 aromatic carbocycles. The lowest BCUT2D eigenvalue weighted by molar-refractivity contribution is -0.159. The van der Waals surface area contributed by atoms with Gasteiger partial charge < -0.3 is 4.74 Å². The van der Waals surface area contributed by atoms with Crippen molar-refractivity contribution in [1.29, 1.82) is 5.26 Å². The smallest absolute Gasteiger partial charge is 0.312 e. The van der Waals surface area contributed by atoms with Gasteiger partial charge in [0.05, 0.1) is 35.5 Å². The number of hydrogen-bond acceptors (Lipinski definition) is 8. The van der Waals surface area contributed by atoms with Gasteiger partial charge >= 0.3 is 5.97 Å². The number of pyridine rings is 2. The molecule has 3 aromatic rings. The number of ketones is 1. The molecule has 3 aliphatic rings. The quantitative estimate of drug-likeness (QED) is 0.252. The summed E-state index contributed by atoms with van der Waals surface area (Å²) >= 11 is 6.01. The van der Waals surface area contributed by atoms with Crippen LogP contribution in [0.25, 0.3) is 11.4 Å². The highest BCUT2D eigenvalue weighted by atomic mass is 35.5. The third-order valence-electron chi connectivity index (χ3n) is 7.07. The maximum absolute atomic E-state index is 13.5. The molecule has 0 aliphatic heterocycles. The zero-order valence-electron chi connectivity index (χ0n) is 19.7. The van der Waals surface area contributed by atoms with Crippen molar-refractivity contribution in [3.8, 4) is 17.5 Å². The van der Waals surface area contributed by atoms with Crippen LogP contribution < -0.4 is 0 Å². The minimum Gasteiger partial charge on any atom is -0.457 e. The molecule has 0 amide bonds. The Hall–Kier alpha value is -3.71. The van der Waals surface area contributed by atoms with E-state index in [9.17, 15) is 19.2 Å². The fourth-order valence-corrected chi connectivity index (χ4v) is 5.64. The van der Waals surface area contributed by atoms with Crippen LogP contribution in [0.4, 0.5) is 4.39 Å². The molecule has 184 valence electrons. The van der Waals surface area contributed by atoms with Gasteiger partial charge in [-0.3, -0.25) is 19.3 Å². The van der Waals surface area contributed by atoms with Gasteiger partial charge in [0.2, 0.25) is 0 Å². The number of rotatable bonds is 8. The molecular weight excluding hydrogens is 487 g/mol. The zero-order valence-corrected chi connectivity index (χ0v) is 20.4. The minimum atomic E-state index is -0.814. The molecule has 0 saturated heterocycles. The van der Waals surface area contributed by atoms with E-state index in [0.717, 1.165) is 25.5 Å². The fourth-order valence-electron chi connectivity index (χ4n) is 5.38. The van der Waals surface area contributed by atoms with Crippen LogP contribution in [0, 0.1) is 28.0 Å². The van der Waals surface area contributed by atoms with E-state index in [1.54, 1.807) is 26.1 Å². The predicted molar refractivity (Wildman–Crippen MR) is 125 cm³/mol. The van der Waals surface area contributed by atoms with Crippen molar-refractivity contribution in [3.05, 3.63) is 58.4 Å². The molecule has 3 aliphatic carbocycles. The molecular formula is C25H22ClFN6O3. The van der Waals surface area contributed by atoms with E-state index in [0.29, 0.717) is 29.1 Å². The first kappa shape index (κ1) is 24.0. The molecule has 3 saturated carbocycles. The van der Waals surface area contributed by atoms with Gasteiger partial charge in [-0.05, 0) is 49.8 Å². The lowest BCUT2D eigenvalue weighted by Gasteiger charge is -2.67. The van der Waals surface area contributed by atoms with Crippen LogP contribution >= 0.6 is 11.6 Å². The van der Waals surface area contributed by atoms with E-state index >= 15 is 0 Å². The number of aromatic nitrogens is 5. The summed E-state index contributed by atoms with van der Waals surface area (Å²) in [6, 6.07) is 6.89. The van der Waals surface area contributed by atoms with E-state index in [4.69, 9.17) is 16.3 Å². The highest BCUT2D eigenvalue weighted by Gasteiger charge is 2.68. The Bertz CT molecular complexity index is 1390. The molecule has 11 heteroatoms. The van der Waals surface area contributed by atoms with Crippen LogP contribution in [0.15, 0.2) is 30.6 Å². The van der Waals surface area contributed by atoms with E-state index in [2.05, 4.69) is 26.3 Å². The van der Waals surface area contributed by atoms with Crippen molar-refractivity contribution < 1.29 is 18.7 Å². The minimum absolute atomic E-state index is 0.00252. The fraction of sp³-hybridized carbons (Fsp3) is 0.400. The van der Waals surface area contributed by atoms with Gasteiger partial charge in [-0.2, -0.15) is 5.26 Å². The molecule has 3 fully saturated rings. The zero-order chi connectivity index (χ0) is 25.7. The van der Waals surface area contributed by atoms with Gasteiger partial charge in [-0.15, -0.1) is 5.10 Å². The van der Waals surface area contributed by atoms with Crippen LogP contribution in [0.2, 0.25) is 5.15 Å². The third-order valence-corrected chi connectivity index (χ3v) is 7.39. The Labute approximate surface area is 211 Å². The van der Waals surface area contributed by atoms with Crippen LogP contribution in [0.1, 0.15) is 60.3 Å². The first-order valence-electron chi connectivity index (χ1n) is 11.4. The molecule has 0 radical (unpaired) electrons. The van der Waals surface area contributed by atoms with Crippen molar-refractivity contribution in [2.24, 2.45) is 17.9 Å². The van der Waals surface area contributed by atoms with E-state index in [1.165, 1.54) is 16.9 Å². The average Bonchev–Trinajstić information content (AvgIpc) is 3.16. The SMILES string of the molecule is C[C@@H](OC(=O)Cc1c(-c2ccc(C(=O)CC34CC(C#N)(C3)C4)cn2)nnn1C)c1cc(F)cnc1Cl. The summed E-state index contributed by atoms with van der Waals surface area (Å²) in [6.07, 6.45) is 4.33. The molecule has 3 heterocycles. The Balaban J connectivity index is 1.25. The normalized spacial score (nSPS) is 22.6. The maximum Gasteiger partial charge on any atom is 0.312 e. The molecule has 6 rings (SSSR count). The first-order chi connectivity index (χ1) is 17.1. The molecule has 1 atom stereocenters. The van der Waals surface area contributed by atoms with Gasteiger partial charge in [-0.25, -0.2) is 9.37 Å². The second-order valence-electron chi connectivity index (χ2n) is 9.81. The van der Waals surface area contributed by atoms with Gasteiger partial charge in [-0.1, -0.05) is 16.8 Å². The number of carbonyl (C=O) groups is 2. The molecule has 0 unspecified atom stereocenters. The van der Waals surface area contributed by atoms with Crippen molar-refractivity contribution in [2.75, 3.05) is 0 Å². The number of esters is 1. The Kier molecular flexibility index (Phi) is 5.83. The van der Waals surface area contributed by atoms with E-state index in [1.807, 2.05) is 0 Å². The molecule has 0 spiro atoms. The molecule has 2 bridgehead atoms. The summed E-state index contributed by atoms with van der Waals surface area (Å²) in [4.78, 5) is 33.5. The molecule has 3 aromatic heterocycles. The highest BCUT2D eigenvalue weighted by molar-refractivity contribution is 6.30. The topological polar surface area (TPSA) is 124 Å². The number of aryl methyl sites for hydroxylation is 1. The Morgan fingerprint density at radius 1 is 1.28 bits per heavy atom. The van der Waals surface area contributed by atoms with Crippen LogP contribution in [0.5, 0.6) is 0 Å². The number of nitrogens with zero attached hydrogens (tertiary/aromatic N) is 6. The van der Waals surface area contributed by atoms with Gasteiger partial charge in [0, 0.05) is 30.8 Å². The van der Waals surface area contributed by atoms with Crippen molar-refractivity contribution in [2.45, 2.75) is 45.1 Å². The van der Waals surface area contributed by atoms with Crippen LogP contribution in [0.3, 0.4) is 0 Å². The van der Waals surface area contributed by atoms with Crippen LogP contribution in [-0.4, -0.2) is 36.7 Å². The van der Waals surface area contributed by atoms with Crippen molar-refractivity contribution in [1.82, 2.24) is 25.0 Å². The summed E-state index contributed by atoms with van der Waals surface area (Å²) in [6.45, 7) is 1.58. The number of halogens is 2. The summed E-state index contributed by atoms with van der Waals surface area (Å²) in [5, 5.41) is 17.4.